The van der Waals surface area contributed by atoms with Crippen LogP contribution in [-0.4, -0.2) is 29.3 Å². The molecule has 2 radical (unpaired) electrons. The Bertz CT molecular complexity index is 410. The van der Waals surface area contributed by atoms with E-state index >= 15 is 0 Å². The van der Waals surface area contributed by atoms with Crippen LogP contribution in [0.1, 0.15) is 13.8 Å². The summed E-state index contributed by atoms with van der Waals surface area (Å²) < 4.78 is 1.83. The fourth-order valence-corrected chi connectivity index (χ4v) is 1.04. The van der Waals surface area contributed by atoms with E-state index in [0.29, 0.717) is 5.59 Å². The Balaban J connectivity index is 0.000000461. The van der Waals surface area contributed by atoms with E-state index in [1.165, 1.54) is 0 Å². The van der Waals surface area contributed by atoms with E-state index in [9.17, 15) is 0 Å². The molecule has 0 aromatic carbocycles. The van der Waals surface area contributed by atoms with Gasteiger partial charge in [0.1, 0.15) is 13.7 Å². The van der Waals surface area contributed by atoms with Gasteiger partial charge in [-0.15, -0.1) is 0 Å². The van der Waals surface area contributed by atoms with Crippen molar-refractivity contribution >= 4 is 24.9 Å². The summed E-state index contributed by atoms with van der Waals surface area (Å²) in [5.74, 6) is 0.808. The third-order valence-corrected chi connectivity index (χ3v) is 1.62. The van der Waals surface area contributed by atoms with Gasteiger partial charge in [0, 0.05) is 18.8 Å². The number of hydrogen-bond donors (Lipinski definition) is 1. The minimum Gasteiger partial charge on any atom is -0.372 e. The molecule has 0 aliphatic heterocycles. The minimum atomic E-state index is 0.488. The van der Waals surface area contributed by atoms with Gasteiger partial charge in [0.2, 0.25) is 0 Å². The standard InChI is InChI=1S/C7H7BN4.C2H6/c1-9-6-4-12-3-5(8)10-2-7(12)11-6;1-2/h2-4,9H,1H3;1-2H3. The molecule has 0 unspecified atom stereocenters. The Morgan fingerprint density at radius 3 is 2.71 bits per heavy atom. The van der Waals surface area contributed by atoms with Crippen molar-refractivity contribution in [1.82, 2.24) is 14.4 Å². The molecule has 0 aliphatic rings. The van der Waals surface area contributed by atoms with E-state index in [-0.39, 0.29) is 0 Å². The van der Waals surface area contributed by atoms with Gasteiger partial charge in [-0.1, -0.05) is 13.8 Å². The Kier molecular flexibility index (Phi) is 3.51. The van der Waals surface area contributed by atoms with Crippen molar-refractivity contribution in [1.29, 1.82) is 0 Å². The lowest BCUT2D eigenvalue weighted by molar-refractivity contribution is 1.15. The molecule has 0 saturated heterocycles. The fourth-order valence-electron chi connectivity index (χ4n) is 1.04. The predicted molar refractivity (Wildman–Crippen MR) is 59.3 cm³/mol. The van der Waals surface area contributed by atoms with Gasteiger partial charge in [0.15, 0.2) is 5.65 Å². The van der Waals surface area contributed by atoms with Gasteiger partial charge >= 0.3 is 0 Å². The Morgan fingerprint density at radius 1 is 1.36 bits per heavy atom. The summed E-state index contributed by atoms with van der Waals surface area (Å²) in [4.78, 5) is 8.13. The van der Waals surface area contributed by atoms with Crippen molar-refractivity contribution in [2.24, 2.45) is 0 Å². The third kappa shape index (κ3) is 2.04. The molecule has 0 saturated carbocycles. The molecule has 0 bridgehead atoms. The number of aromatic nitrogens is 3. The molecule has 0 amide bonds. The predicted octanol–water partition coefficient (Wildman–Crippen LogP) is 0.591. The monoisotopic (exact) mass is 188 g/mol. The van der Waals surface area contributed by atoms with Crippen molar-refractivity contribution in [3.8, 4) is 0 Å². The summed E-state index contributed by atoms with van der Waals surface area (Å²) in [7, 11) is 7.31. The first-order valence-electron chi connectivity index (χ1n) is 4.57. The maximum atomic E-state index is 5.49. The van der Waals surface area contributed by atoms with E-state index in [1.807, 2.05) is 31.5 Å². The van der Waals surface area contributed by atoms with Crippen LogP contribution in [0.15, 0.2) is 18.6 Å². The van der Waals surface area contributed by atoms with Crippen LogP contribution in [0.5, 0.6) is 0 Å². The van der Waals surface area contributed by atoms with Crippen LogP contribution in [-0.2, 0) is 0 Å². The van der Waals surface area contributed by atoms with Gasteiger partial charge in [-0.2, -0.15) is 0 Å². The summed E-state index contributed by atoms with van der Waals surface area (Å²) in [5.41, 5.74) is 1.27. The zero-order chi connectivity index (χ0) is 10.6. The topological polar surface area (TPSA) is 42.2 Å². The van der Waals surface area contributed by atoms with E-state index in [1.54, 1.807) is 12.4 Å². The van der Waals surface area contributed by atoms with E-state index in [0.717, 1.165) is 11.5 Å². The summed E-state index contributed by atoms with van der Waals surface area (Å²) in [6, 6.07) is 0. The van der Waals surface area contributed by atoms with E-state index in [2.05, 4.69) is 15.3 Å². The maximum Gasteiger partial charge on any atom is 0.157 e. The molecule has 0 atom stereocenters. The molecule has 2 aromatic rings. The fraction of sp³-hybridized carbons (Fsp3) is 0.333. The van der Waals surface area contributed by atoms with Gasteiger partial charge < -0.3 is 9.72 Å². The normalized spacial score (nSPS) is 9.36. The Hall–Kier alpha value is -1.52. The quantitative estimate of drug-likeness (QED) is 0.666. The number of nitrogens with one attached hydrogen (secondary N) is 1. The first kappa shape index (κ1) is 10.6. The average Bonchev–Trinajstić information content (AvgIpc) is 2.62. The van der Waals surface area contributed by atoms with Crippen molar-refractivity contribution in [2.75, 3.05) is 12.4 Å². The zero-order valence-corrected chi connectivity index (χ0v) is 8.65. The van der Waals surface area contributed by atoms with Crippen LogP contribution >= 0.6 is 0 Å². The smallest absolute Gasteiger partial charge is 0.157 e. The molecule has 2 rings (SSSR count). The molecule has 5 heteroatoms. The number of anilines is 1. The van der Waals surface area contributed by atoms with Crippen molar-refractivity contribution in [3.63, 3.8) is 0 Å². The first-order valence-corrected chi connectivity index (χ1v) is 4.57. The highest BCUT2D eigenvalue weighted by atomic mass is 15.1. The maximum absolute atomic E-state index is 5.49. The second-order valence-corrected chi connectivity index (χ2v) is 2.45. The SMILES string of the molecule is CC.[B]c1cn2cc(NC)nc2cn1. The molecular weight excluding hydrogens is 175 g/mol. The highest BCUT2D eigenvalue weighted by Gasteiger charge is 1.98. The van der Waals surface area contributed by atoms with E-state index in [4.69, 9.17) is 7.85 Å². The highest BCUT2D eigenvalue weighted by molar-refractivity contribution is 6.30. The zero-order valence-electron chi connectivity index (χ0n) is 8.65. The summed E-state index contributed by atoms with van der Waals surface area (Å²) in [6.45, 7) is 4.00. The molecule has 1 N–H and O–H groups in total. The molecule has 4 nitrogen and oxygen atoms in total. The lowest BCUT2D eigenvalue weighted by Gasteiger charge is -1.92. The van der Waals surface area contributed by atoms with Gasteiger partial charge in [0.25, 0.3) is 0 Å². The van der Waals surface area contributed by atoms with Crippen LogP contribution in [0.4, 0.5) is 5.82 Å². The van der Waals surface area contributed by atoms with Gasteiger partial charge in [-0.25, -0.2) is 4.98 Å². The lowest BCUT2D eigenvalue weighted by atomic mass is 10.1. The van der Waals surface area contributed by atoms with Crippen molar-refractivity contribution in [3.05, 3.63) is 18.6 Å². The molecule has 0 fully saturated rings. The Labute approximate surface area is 84.8 Å². The van der Waals surface area contributed by atoms with Crippen molar-refractivity contribution in [2.45, 2.75) is 13.8 Å². The third-order valence-electron chi connectivity index (χ3n) is 1.62. The molecule has 14 heavy (non-hydrogen) atoms. The molecule has 2 aromatic heterocycles. The van der Waals surface area contributed by atoms with Gasteiger partial charge in [0.05, 0.1) is 12.4 Å². The Morgan fingerprint density at radius 2 is 2.07 bits per heavy atom. The molecule has 2 heterocycles. The first-order chi connectivity index (χ1) is 6.79. The van der Waals surface area contributed by atoms with Gasteiger partial charge in [-0.3, -0.25) is 4.98 Å². The van der Waals surface area contributed by atoms with Crippen molar-refractivity contribution < 1.29 is 0 Å². The van der Waals surface area contributed by atoms with Crippen LogP contribution in [0, 0.1) is 0 Å². The summed E-state index contributed by atoms with van der Waals surface area (Å²) in [6.07, 6.45) is 5.22. The second-order valence-electron chi connectivity index (χ2n) is 2.45. The molecule has 72 valence electrons. The highest BCUT2D eigenvalue weighted by Crippen LogP contribution is 2.05. The molecule has 0 spiro atoms. The minimum absolute atomic E-state index is 0.488. The summed E-state index contributed by atoms with van der Waals surface area (Å²) in [5, 5.41) is 2.94. The lowest BCUT2D eigenvalue weighted by Crippen LogP contribution is -2.09. The van der Waals surface area contributed by atoms with Crippen LogP contribution in [0.2, 0.25) is 0 Å². The van der Waals surface area contributed by atoms with Crippen LogP contribution in [0.3, 0.4) is 0 Å². The van der Waals surface area contributed by atoms with E-state index < -0.39 is 0 Å². The second kappa shape index (κ2) is 4.65. The largest absolute Gasteiger partial charge is 0.372 e. The number of imidazole rings is 1. The number of nitrogens with zero attached hydrogens (tertiary/aromatic N) is 3. The molecular formula is C9H13BN4. The van der Waals surface area contributed by atoms with Crippen LogP contribution in [0.25, 0.3) is 5.65 Å². The average molecular weight is 188 g/mol. The summed E-state index contributed by atoms with van der Waals surface area (Å²) >= 11 is 0. The van der Waals surface area contributed by atoms with Crippen LogP contribution < -0.4 is 10.9 Å². The number of fused-ring (bicyclic) bond motifs is 1. The number of hydrogen-bond acceptors (Lipinski definition) is 3. The number of rotatable bonds is 1. The van der Waals surface area contributed by atoms with Gasteiger partial charge in [-0.05, 0) is 0 Å². The molecule has 0 aliphatic carbocycles.